The highest BCUT2D eigenvalue weighted by atomic mass is 16.3. The molecule has 27 heavy (non-hydrogen) atoms. The van der Waals surface area contributed by atoms with Crippen molar-refractivity contribution >= 4 is 16.7 Å². The SMILES string of the molecule is C[C@@H]1C[C@H](NC(=O)c2ccc3ccccc3c2O)CN1CC1CCCCC1. The fourth-order valence-electron chi connectivity index (χ4n) is 4.86. The lowest BCUT2D eigenvalue weighted by Gasteiger charge is -2.29. The lowest BCUT2D eigenvalue weighted by molar-refractivity contribution is 0.0934. The third-order valence-electron chi connectivity index (χ3n) is 6.40. The van der Waals surface area contributed by atoms with E-state index in [0.717, 1.165) is 36.2 Å². The van der Waals surface area contributed by atoms with Crippen molar-refractivity contribution in [1.29, 1.82) is 0 Å². The Balaban J connectivity index is 1.40. The zero-order chi connectivity index (χ0) is 18.8. The molecule has 2 fully saturated rings. The summed E-state index contributed by atoms with van der Waals surface area (Å²) in [7, 11) is 0. The fourth-order valence-corrected chi connectivity index (χ4v) is 4.86. The van der Waals surface area contributed by atoms with Crippen molar-refractivity contribution in [2.45, 2.75) is 57.5 Å². The van der Waals surface area contributed by atoms with E-state index < -0.39 is 0 Å². The van der Waals surface area contributed by atoms with Gasteiger partial charge in [0.2, 0.25) is 0 Å². The highest BCUT2D eigenvalue weighted by Crippen LogP contribution is 2.30. The van der Waals surface area contributed by atoms with Crippen LogP contribution < -0.4 is 5.32 Å². The maximum absolute atomic E-state index is 12.8. The highest BCUT2D eigenvalue weighted by Gasteiger charge is 2.32. The normalized spacial score (nSPS) is 24.3. The standard InChI is InChI=1S/C23H30N2O2/c1-16-13-19(15-25(16)14-17-7-3-2-4-8-17)24-23(27)21-12-11-18-9-5-6-10-20(18)22(21)26/h5-6,9-12,16-17,19,26H,2-4,7-8,13-15H2,1H3,(H,24,27)/t16-,19+/m1/s1. The van der Waals surface area contributed by atoms with Crippen molar-refractivity contribution in [3.8, 4) is 5.75 Å². The highest BCUT2D eigenvalue weighted by molar-refractivity contribution is 6.03. The summed E-state index contributed by atoms with van der Waals surface area (Å²) >= 11 is 0. The Morgan fingerprint density at radius 1 is 1.15 bits per heavy atom. The van der Waals surface area contributed by atoms with Crippen LogP contribution in [-0.2, 0) is 0 Å². The summed E-state index contributed by atoms with van der Waals surface area (Å²) < 4.78 is 0. The van der Waals surface area contributed by atoms with E-state index in [2.05, 4.69) is 17.1 Å². The van der Waals surface area contributed by atoms with Gasteiger partial charge in [0.05, 0.1) is 5.56 Å². The Morgan fingerprint density at radius 3 is 2.74 bits per heavy atom. The van der Waals surface area contributed by atoms with Gasteiger partial charge >= 0.3 is 0 Å². The first-order valence-corrected chi connectivity index (χ1v) is 10.4. The van der Waals surface area contributed by atoms with Crippen LogP contribution in [0.5, 0.6) is 5.75 Å². The van der Waals surface area contributed by atoms with Gasteiger partial charge in [-0.2, -0.15) is 0 Å². The number of phenols is 1. The molecular formula is C23H30N2O2. The quantitative estimate of drug-likeness (QED) is 0.847. The second-order valence-electron chi connectivity index (χ2n) is 8.40. The number of amides is 1. The molecule has 0 unspecified atom stereocenters. The molecule has 2 N–H and O–H groups in total. The molecular weight excluding hydrogens is 336 g/mol. The molecule has 0 spiro atoms. The number of carbonyl (C=O) groups excluding carboxylic acids is 1. The van der Waals surface area contributed by atoms with E-state index in [1.54, 1.807) is 6.07 Å². The number of carbonyl (C=O) groups is 1. The van der Waals surface area contributed by atoms with Crippen LogP contribution in [-0.4, -0.2) is 41.1 Å². The molecule has 4 heteroatoms. The Bertz CT molecular complexity index is 813. The van der Waals surface area contributed by atoms with E-state index in [4.69, 9.17) is 0 Å². The van der Waals surface area contributed by atoms with Crippen LogP contribution in [0.15, 0.2) is 36.4 Å². The van der Waals surface area contributed by atoms with Crippen LogP contribution >= 0.6 is 0 Å². The van der Waals surface area contributed by atoms with Gasteiger partial charge in [-0.3, -0.25) is 9.69 Å². The first kappa shape index (κ1) is 18.3. The molecule has 1 amide bonds. The van der Waals surface area contributed by atoms with Gasteiger partial charge in [0.25, 0.3) is 5.91 Å². The first-order chi connectivity index (χ1) is 13.1. The predicted octanol–water partition coefficient (Wildman–Crippen LogP) is 4.32. The molecule has 0 bridgehead atoms. The summed E-state index contributed by atoms with van der Waals surface area (Å²) in [5.41, 5.74) is 0.368. The molecule has 2 aromatic rings. The molecule has 0 radical (unpaired) electrons. The molecule has 1 aliphatic carbocycles. The second kappa shape index (κ2) is 7.89. The lowest BCUT2D eigenvalue weighted by atomic mass is 9.89. The van der Waals surface area contributed by atoms with Crippen molar-refractivity contribution in [1.82, 2.24) is 10.2 Å². The molecule has 0 aromatic heterocycles. The Morgan fingerprint density at radius 2 is 1.93 bits per heavy atom. The monoisotopic (exact) mass is 366 g/mol. The van der Waals surface area contributed by atoms with Crippen molar-refractivity contribution in [3.63, 3.8) is 0 Å². The minimum atomic E-state index is -0.171. The molecule has 4 rings (SSSR count). The number of benzene rings is 2. The molecule has 1 saturated carbocycles. The Kier molecular flexibility index (Phi) is 5.35. The van der Waals surface area contributed by atoms with E-state index in [-0.39, 0.29) is 17.7 Å². The molecule has 1 saturated heterocycles. The van der Waals surface area contributed by atoms with Crippen molar-refractivity contribution in [2.75, 3.05) is 13.1 Å². The molecule has 1 aliphatic heterocycles. The average Bonchev–Trinajstić information content (AvgIpc) is 3.01. The minimum absolute atomic E-state index is 0.0794. The number of hydrogen-bond donors (Lipinski definition) is 2. The zero-order valence-electron chi connectivity index (χ0n) is 16.2. The topological polar surface area (TPSA) is 52.6 Å². The van der Waals surface area contributed by atoms with E-state index >= 15 is 0 Å². The maximum atomic E-state index is 12.8. The number of aromatic hydroxyl groups is 1. The summed E-state index contributed by atoms with van der Waals surface area (Å²) in [6.45, 7) is 4.34. The van der Waals surface area contributed by atoms with Crippen molar-refractivity contribution < 1.29 is 9.90 Å². The van der Waals surface area contributed by atoms with Crippen molar-refractivity contribution in [2.24, 2.45) is 5.92 Å². The number of hydrogen-bond acceptors (Lipinski definition) is 3. The number of nitrogens with one attached hydrogen (secondary N) is 1. The van der Waals surface area contributed by atoms with Crippen LogP contribution in [0.4, 0.5) is 0 Å². The van der Waals surface area contributed by atoms with E-state index in [9.17, 15) is 9.90 Å². The van der Waals surface area contributed by atoms with Gasteiger partial charge < -0.3 is 10.4 Å². The zero-order valence-corrected chi connectivity index (χ0v) is 16.2. The Labute approximate surface area is 161 Å². The van der Waals surface area contributed by atoms with E-state index in [1.165, 1.54) is 32.1 Å². The molecule has 4 nitrogen and oxygen atoms in total. The molecule has 144 valence electrons. The summed E-state index contributed by atoms with van der Waals surface area (Å²) in [4.78, 5) is 15.3. The largest absolute Gasteiger partial charge is 0.506 e. The number of fused-ring (bicyclic) bond motifs is 1. The maximum Gasteiger partial charge on any atom is 0.255 e. The fraction of sp³-hybridized carbons (Fsp3) is 0.522. The summed E-state index contributed by atoms with van der Waals surface area (Å²) in [6.07, 6.45) is 7.81. The first-order valence-electron chi connectivity index (χ1n) is 10.4. The van der Waals surface area contributed by atoms with Gasteiger partial charge in [-0.05, 0) is 43.6 Å². The smallest absolute Gasteiger partial charge is 0.255 e. The van der Waals surface area contributed by atoms with E-state index in [0.29, 0.717) is 11.6 Å². The van der Waals surface area contributed by atoms with Gasteiger partial charge in [0, 0.05) is 30.6 Å². The molecule has 2 aromatic carbocycles. The number of phenolic OH excluding ortho intramolecular Hbond substituents is 1. The van der Waals surface area contributed by atoms with Crippen molar-refractivity contribution in [3.05, 3.63) is 42.0 Å². The number of rotatable bonds is 4. The lowest BCUT2D eigenvalue weighted by Crippen LogP contribution is -2.38. The predicted molar refractivity (Wildman–Crippen MR) is 109 cm³/mol. The minimum Gasteiger partial charge on any atom is -0.506 e. The van der Waals surface area contributed by atoms with Crippen LogP contribution in [0.2, 0.25) is 0 Å². The van der Waals surface area contributed by atoms with E-state index in [1.807, 2.05) is 30.3 Å². The van der Waals surface area contributed by atoms with Crippen LogP contribution in [0.3, 0.4) is 0 Å². The second-order valence-corrected chi connectivity index (χ2v) is 8.40. The van der Waals surface area contributed by atoms with Crippen LogP contribution in [0.25, 0.3) is 10.8 Å². The summed E-state index contributed by atoms with van der Waals surface area (Å²) in [6, 6.07) is 11.9. The number of nitrogens with zero attached hydrogens (tertiary/aromatic N) is 1. The van der Waals surface area contributed by atoms with Gasteiger partial charge in [-0.15, -0.1) is 0 Å². The Hall–Kier alpha value is -2.07. The van der Waals surface area contributed by atoms with Crippen LogP contribution in [0.1, 0.15) is 55.8 Å². The van der Waals surface area contributed by atoms with Gasteiger partial charge in [0.15, 0.2) is 0 Å². The molecule has 1 heterocycles. The van der Waals surface area contributed by atoms with Gasteiger partial charge in [-0.25, -0.2) is 0 Å². The average molecular weight is 367 g/mol. The summed E-state index contributed by atoms with van der Waals surface area (Å²) in [5, 5.41) is 15.4. The third kappa shape index (κ3) is 3.96. The molecule has 2 atom stereocenters. The number of likely N-dealkylation sites (tertiary alicyclic amines) is 1. The van der Waals surface area contributed by atoms with Gasteiger partial charge in [-0.1, -0.05) is 49.6 Å². The summed E-state index contributed by atoms with van der Waals surface area (Å²) in [5.74, 6) is 0.728. The molecule has 2 aliphatic rings. The third-order valence-corrected chi connectivity index (χ3v) is 6.40. The van der Waals surface area contributed by atoms with Gasteiger partial charge in [0.1, 0.15) is 5.75 Å². The van der Waals surface area contributed by atoms with Crippen LogP contribution in [0, 0.1) is 5.92 Å².